The van der Waals surface area contributed by atoms with Crippen molar-refractivity contribution < 1.29 is 14.3 Å². The molecular weight excluding hydrogens is 298 g/mol. The number of benzene rings is 1. The number of aromatic nitrogens is 3. The Kier molecular flexibility index (Phi) is 5.52. The molecule has 1 amide bonds. The molecule has 0 atom stereocenters. The highest BCUT2D eigenvalue weighted by Crippen LogP contribution is 2.29. The molecule has 0 unspecified atom stereocenters. The van der Waals surface area contributed by atoms with Crippen molar-refractivity contribution in [3.63, 3.8) is 0 Å². The van der Waals surface area contributed by atoms with Gasteiger partial charge in [0.2, 0.25) is 11.7 Å². The molecule has 2 aromatic rings. The van der Waals surface area contributed by atoms with E-state index in [2.05, 4.69) is 15.5 Å². The molecule has 0 bridgehead atoms. The van der Waals surface area contributed by atoms with E-state index in [0.29, 0.717) is 30.4 Å². The van der Waals surface area contributed by atoms with Gasteiger partial charge in [-0.25, -0.2) is 0 Å². The molecule has 0 radical (unpaired) electrons. The molecule has 23 heavy (non-hydrogen) atoms. The number of hydrogen-bond acceptors (Lipinski definition) is 6. The lowest BCUT2D eigenvalue weighted by molar-refractivity contribution is -0.116. The number of ether oxygens (including phenoxy) is 2. The standard InChI is InChI=1S/C15H17N5O3/c1-3-22-11-5-6-13(23-4-2)12(7-11)18-15(21)9-20-10-17-19-14(20)8-16/h5-7,10H,3-4,9H2,1-2H3,(H,18,21). The monoisotopic (exact) mass is 315 g/mol. The summed E-state index contributed by atoms with van der Waals surface area (Å²) in [7, 11) is 0. The molecule has 1 heterocycles. The third-order valence-electron chi connectivity index (χ3n) is 2.87. The maximum atomic E-state index is 12.2. The largest absolute Gasteiger partial charge is 0.494 e. The molecule has 0 saturated heterocycles. The molecule has 1 aromatic carbocycles. The number of nitriles is 1. The number of carbonyl (C=O) groups is 1. The fourth-order valence-electron chi connectivity index (χ4n) is 1.95. The summed E-state index contributed by atoms with van der Waals surface area (Å²) in [6.45, 7) is 4.66. The van der Waals surface area contributed by atoms with Gasteiger partial charge in [0.15, 0.2) is 0 Å². The highest BCUT2D eigenvalue weighted by molar-refractivity contribution is 5.92. The molecule has 0 spiro atoms. The van der Waals surface area contributed by atoms with Gasteiger partial charge in [-0.15, -0.1) is 10.2 Å². The number of rotatable bonds is 7. The average Bonchev–Trinajstić information content (AvgIpc) is 2.97. The van der Waals surface area contributed by atoms with Gasteiger partial charge in [-0.2, -0.15) is 5.26 Å². The van der Waals surface area contributed by atoms with Crippen LogP contribution in [0, 0.1) is 11.3 Å². The topological polar surface area (TPSA) is 102 Å². The lowest BCUT2D eigenvalue weighted by Gasteiger charge is -2.13. The Hall–Kier alpha value is -3.08. The summed E-state index contributed by atoms with van der Waals surface area (Å²) in [6, 6.07) is 7.08. The molecule has 1 aromatic heterocycles. The second-order valence-electron chi connectivity index (χ2n) is 4.47. The van der Waals surface area contributed by atoms with E-state index in [1.807, 2.05) is 19.9 Å². The predicted molar refractivity (Wildman–Crippen MR) is 82.1 cm³/mol. The molecule has 0 saturated carbocycles. The van der Waals surface area contributed by atoms with Crippen LogP contribution in [0.5, 0.6) is 11.5 Å². The quantitative estimate of drug-likeness (QED) is 0.832. The maximum absolute atomic E-state index is 12.2. The van der Waals surface area contributed by atoms with Crippen molar-refractivity contribution in [3.05, 3.63) is 30.4 Å². The zero-order valence-corrected chi connectivity index (χ0v) is 12.9. The summed E-state index contributed by atoms with van der Waals surface area (Å²) >= 11 is 0. The van der Waals surface area contributed by atoms with Crippen molar-refractivity contribution in [2.45, 2.75) is 20.4 Å². The van der Waals surface area contributed by atoms with Crippen molar-refractivity contribution in [1.82, 2.24) is 14.8 Å². The van der Waals surface area contributed by atoms with Gasteiger partial charge in [0.05, 0.1) is 18.9 Å². The van der Waals surface area contributed by atoms with Gasteiger partial charge >= 0.3 is 0 Å². The third kappa shape index (κ3) is 4.20. The van der Waals surface area contributed by atoms with Gasteiger partial charge in [0.1, 0.15) is 30.4 Å². The van der Waals surface area contributed by atoms with Crippen molar-refractivity contribution in [3.8, 4) is 17.6 Å². The first-order valence-corrected chi connectivity index (χ1v) is 7.15. The number of amides is 1. The second kappa shape index (κ2) is 7.79. The fourth-order valence-corrected chi connectivity index (χ4v) is 1.95. The Morgan fingerprint density at radius 1 is 1.35 bits per heavy atom. The molecule has 8 heteroatoms. The Balaban J connectivity index is 2.15. The van der Waals surface area contributed by atoms with Crippen LogP contribution < -0.4 is 14.8 Å². The normalized spacial score (nSPS) is 9.96. The van der Waals surface area contributed by atoms with E-state index in [0.717, 1.165) is 0 Å². The van der Waals surface area contributed by atoms with Gasteiger partial charge in [-0.1, -0.05) is 0 Å². The molecule has 8 nitrogen and oxygen atoms in total. The lowest BCUT2D eigenvalue weighted by atomic mass is 10.2. The first-order chi connectivity index (χ1) is 11.2. The van der Waals surface area contributed by atoms with Gasteiger partial charge in [-0.05, 0) is 26.0 Å². The third-order valence-corrected chi connectivity index (χ3v) is 2.87. The Labute approximate surface area is 133 Å². The highest BCUT2D eigenvalue weighted by Gasteiger charge is 2.12. The maximum Gasteiger partial charge on any atom is 0.244 e. The highest BCUT2D eigenvalue weighted by atomic mass is 16.5. The van der Waals surface area contributed by atoms with Crippen LogP contribution in [0.1, 0.15) is 19.7 Å². The molecular formula is C15H17N5O3. The van der Waals surface area contributed by atoms with Crippen LogP contribution in [-0.2, 0) is 11.3 Å². The van der Waals surface area contributed by atoms with Crippen molar-refractivity contribution in [2.75, 3.05) is 18.5 Å². The van der Waals surface area contributed by atoms with Crippen LogP contribution in [0.2, 0.25) is 0 Å². The van der Waals surface area contributed by atoms with Crippen LogP contribution in [-0.4, -0.2) is 33.9 Å². The van der Waals surface area contributed by atoms with Gasteiger partial charge in [0.25, 0.3) is 0 Å². The number of hydrogen-bond donors (Lipinski definition) is 1. The van der Waals surface area contributed by atoms with E-state index < -0.39 is 0 Å². The minimum Gasteiger partial charge on any atom is -0.494 e. The van der Waals surface area contributed by atoms with Crippen LogP contribution in [0.25, 0.3) is 0 Å². The summed E-state index contributed by atoms with van der Waals surface area (Å²) in [4.78, 5) is 12.2. The van der Waals surface area contributed by atoms with E-state index in [-0.39, 0.29) is 18.3 Å². The SMILES string of the molecule is CCOc1ccc(OCC)c(NC(=O)Cn2cnnc2C#N)c1. The summed E-state index contributed by atoms with van der Waals surface area (Å²) in [5, 5.41) is 18.8. The first-order valence-electron chi connectivity index (χ1n) is 7.15. The van der Waals surface area contributed by atoms with Crippen molar-refractivity contribution in [2.24, 2.45) is 0 Å². The molecule has 0 aliphatic rings. The summed E-state index contributed by atoms with van der Waals surface area (Å²) < 4.78 is 12.3. The zero-order valence-electron chi connectivity index (χ0n) is 12.9. The minimum absolute atomic E-state index is 0.0691. The summed E-state index contributed by atoms with van der Waals surface area (Å²) in [5.41, 5.74) is 0.509. The molecule has 0 aliphatic heterocycles. The number of nitrogens with one attached hydrogen (secondary N) is 1. The molecule has 1 N–H and O–H groups in total. The average molecular weight is 315 g/mol. The first kappa shape index (κ1) is 16.3. The van der Waals surface area contributed by atoms with Gasteiger partial charge < -0.3 is 14.8 Å². The molecule has 0 fully saturated rings. The molecule has 2 rings (SSSR count). The lowest BCUT2D eigenvalue weighted by Crippen LogP contribution is -2.19. The Morgan fingerprint density at radius 3 is 2.83 bits per heavy atom. The summed E-state index contributed by atoms with van der Waals surface area (Å²) in [6.07, 6.45) is 1.33. The van der Waals surface area contributed by atoms with Crippen LogP contribution >= 0.6 is 0 Å². The Bertz CT molecular complexity index is 720. The van der Waals surface area contributed by atoms with Gasteiger partial charge in [-0.3, -0.25) is 9.36 Å². The van der Waals surface area contributed by atoms with E-state index >= 15 is 0 Å². The number of carbonyl (C=O) groups excluding carboxylic acids is 1. The van der Waals surface area contributed by atoms with E-state index in [9.17, 15) is 4.79 Å². The molecule has 120 valence electrons. The van der Waals surface area contributed by atoms with Crippen LogP contribution in [0.15, 0.2) is 24.5 Å². The van der Waals surface area contributed by atoms with Crippen molar-refractivity contribution in [1.29, 1.82) is 5.26 Å². The predicted octanol–water partition coefficient (Wildman–Crippen LogP) is 1.59. The summed E-state index contributed by atoms with van der Waals surface area (Å²) in [5.74, 6) is 0.936. The van der Waals surface area contributed by atoms with Crippen LogP contribution in [0.3, 0.4) is 0 Å². The van der Waals surface area contributed by atoms with E-state index in [1.165, 1.54) is 10.9 Å². The van der Waals surface area contributed by atoms with E-state index in [4.69, 9.17) is 14.7 Å². The Morgan fingerprint density at radius 2 is 2.13 bits per heavy atom. The number of nitrogens with zero attached hydrogens (tertiary/aromatic N) is 4. The van der Waals surface area contributed by atoms with Crippen molar-refractivity contribution >= 4 is 11.6 Å². The van der Waals surface area contributed by atoms with Crippen LogP contribution in [0.4, 0.5) is 5.69 Å². The van der Waals surface area contributed by atoms with Gasteiger partial charge in [0, 0.05) is 6.07 Å². The molecule has 0 aliphatic carbocycles. The minimum atomic E-state index is -0.323. The second-order valence-corrected chi connectivity index (χ2v) is 4.47. The fraction of sp³-hybridized carbons (Fsp3) is 0.333. The zero-order chi connectivity index (χ0) is 16.7. The smallest absolute Gasteiger partial charge is 0.244 e. The number of anilines is 1. The van der Waals surface area contributed by atoms with E-state index in [1.54, 1.807) is 18.2 Å².